The Kier molecular flexibility index (Phi) is 3.78. The van der Waals surface area contributed by atoms with Crippen molar-refractivity contribution in [3.05, 3.63) is 72.3 Å². The van der Waals surface area contributed by atoms with Crippen molar-refractivity contribution < 1.29 is 4.74 Å². The molecule has 23 heavy (non-hydrogen) atoms. The molecule has 5 heteroatoms. The molecule has 116 valence electrons. The number of para-hydroxylation sites is 1. The lowest BCUT2D eigenvalue weighted by Crippen LogP contribution is -2.39. The zero-order valence-corrected chi connectivity index (χ0v) is 12.7. The lowest BCUT2D eigenvalue weighted by Gasteiger charge is -2.26. The monoisotopic (exact) mass is 306 g/mol. The maximum atomic E-state index is 5.83. The van der Waals surface area contributed by atoms with Gasteiger partial charge in [0.2, 0.25) is 5.95 Å². The van der Waals surface area contributed by atoms with Gasteiger partial charge in [0.1, 0.15) is 12.4 Å². The molecular weight excluding hydrogens is 288 g/mol. The van der Waals surface area contributed by atoms with Crippen LogP contribution < -0.4 is 10.1 Å². The maximum Gasteiger partial charge on any atom is 0.233 e. The maximum absolute atomic E-state index is 5.83. The van der Waals surface area contributed by atoms with Crippen LogP contribution in [0.5, 0.6) is 5.75 Å². The molecule has 0 amide bonds. The number of fused-ring (bicyclic) bond motifs is 1. The standard InChI is InChI=1S/C18H18N4O/c1-2-7-17-14(5-1)11-15(13-23-17)21-12-16-6-3-10-22(16)18-19-8-4-9-20-18/h1-10,15,21H,11-13H2/t15-/m0/s1. The normalized spacial score (nSPS) is 16.6. The predicted molar refractivity (Wildman–Crippen MR) is 87.6 cm³/mol. The van der Waals surface area contributed by atoms with Crippen molar-refractivity contribution in [3.8, 4) is 11.7 Å². The van der Waals surface area contributed by atoms with Crippen LogP contribution >= 0.6 is 0 Å². The molecule has 0 spiro atoms. The summed E-state index contributed by atoms with van der Waals surface area (Å²) in [6.07, 6.45) is 6.48. The Morgan fingerprint density at radius 3 is 2.87 bits per heavy atom. The molecule has 5 nitrogen and oxygen atoms in total. The van der Waals surface area contributed by atoms with E-state index in [9.17, 15) is 0 Å². The minimum Gasteiger partial charge on any atom is -0.492 e. The summed E-state index contributed by atoms with van der Waals surface area (Å²) in [6, 6.07) is 14.5. The van der Waals surface area contributed by atoms with Crippen molar-refractivity contribution in [2.45, 2.75) is 19.0 Å². The Hall–Kier alpha value is -2.66. The third-order valence-corrected chi connectivity index (χ3v) is 4.05. The van der Waals surface area contributed by atoms with Gasteiger partial charge < -0.3 is 10.1 Å². The zero-order valence-electron chi connectivity index (χ0n) is 12.7. The number of aromatic nitrogens is 3. The first-order valence-corrected chi connectivity index (χ1v) is 7.78. The summed E-state index contributed by atoms with van der Waals surface area (Å²) in [7, 11) is 0. The molecule has 1 N–H and O–H groups in total. The number of nitrogens with zero attached hydrogens (tertiary/aromatic N) is 3. The molecule has 1 aliphatic heterocycles. The Morgan fingerprint density at radius 2 is 1.96 bits per heavy atom. The van der Waals surface area contributed by atoms with E-state index < -0.39 is 0 Å². The minimum absolute atomic E-state index is 0.310. The first-order chi connectivity index (χ1) is 11.4. The quantitative estimate of drug-likeness (QED) is 0.804. The van der Waals surface area contributed by atoms with E-state index in [-0.39, 0.29) is 0 Å². The lowest BCUT2D eigenvalue weighted by molar-refractivity contribution is 0.237. The highest BCUT2D eigenvalue weighted by molar-refractivity contribution is 5.35. The van der Waals surface area contributed by atoms with Gasteiger partial charge in [-0.25, -0.2) is 9.97 Å². The third kappa shape index (κ3) is 2.96. The summed E-state index contributed by atoms with van der Waals surface area (Å²) in [5.41, 5.74) is 2.40. The summed E-state index contributed by atoms with van der Waals surface area (Å²) in [5, 5.41) is 3.57. The van der Waals surface area contributed by atoms with Crippen LogP contribution in [0, 0.1) is 0 Å². The number of benzene rings is 1. The van der Waals surface area contributed by atoms with E-state index in [0.717, 1.165) is 24.4 Å². The molecule has 3 aromatic rings. The van der Waals surface area contributed by atoms with E-state index in [1.54, 1.807) is 12.4 Å². The fraction of sp³-hybridized carbons (Fsp3) is 0.222. The number of hydrogen-bond acceptors (Lipinski definition) is 4. The molecule has 0 saturated carbocycles. The van der Waals surface area contributed by atoms with Gasteiger partial charge in [0.25, 0.3) is 0 Å². The summed E-state index contributed by atoms with van der Waals surface area (Å²) in [4.78, 5) is 8.61. The van der Waals surface area contributed by atoms with Crippen molar-refractivity contribution in [2.24, 2.45) is 0 Å². The fourth-order valence-electron chi connectivity index (χ4n) is 2.88. The second kappa shape index (κ2) is 6.22. The van der Waals surface area contributed by atoms with Gasteiger partial charge in [-0.1, -0.05) is 18.2 Å². The molecule has 3 heterocycles. The molecule has 0 aliphatic carbocycles. The SMILES string of the molecule is c1cnc(-n2cccc2CN[C@@H]2COc3ccccc3C2)nc1. The first-order valence-electron chi connectivity index (χ1n) is 7.78. The van der Waals surface area contributed by atoms with Crippen LogP contribution in [0.2, 0.25) is 0 Å². The minimum atomic E-state index is 0.310. The van der Waals surface area contributed by atoms with Gasteiger partial charge >= 0.3 is 0 Å². The second-order valence-corrected chi connectivity index (χ2v) is 5.62. The van der Waals surface area contributed by atoms with E-state index in [1.807, 2.05) is 35.0 Å². The van der Waals surface area contributed by atoms with E-state index in [4.69, 9.17) is 4.74 Å². The molecule has 0 fully saturated rings. The Bertz CT molecular complexity index is 784. The topological polar surface area (TPSA) is 52.0 Å². The average molecular weight is 306 g/mol. The van der Waals surface area contributed by atoms with Crippen LogP contribution in [0.25, 0.3) is 5.95 Å². The first kappa shape index (κ1) is 14.0. The van der Waals surface area contributed by atoms with Crippen molar-refractivity contribution in [3.63, 3.8) is 0 Å². The molecule has 2 aromatic heterocycles. The highest BCUT2D eigenvalue weighted by Gasteiger charge is 2.19. The van der Waals surface area contributed by atoms with Crippen molar-refractivity contribution >= 4 is 0 Å². The molecule has 0 unspecified atom stereocenters. The molecule has 4 rings (SSSR count). The number of nitrogens with one attached hydrogen (secondary N) is 1. The third-order valence-electron chi connectivity index (χ3n) is 4.05. The lowest BCUT2D eigenvalue weighted by atomic mass is 10.0. The Labute approximate surface area is 135 Å². The van der Waals surface area contributed by atoms with Gasteiger partial charge in [-0.3, -0.25) is 4.57 Å². The second-order valence-electron chi connectivity index (χ2n) is 5.62. The van der Waals surface area contributed by atoms with Crippen LogP contribution in [0.15, 0.2) is 61.1 Å². The van der Waals surface area contributed by atoms with Crippen molar-refractivity contribution in [1.82, 2.24) is 19.9 Å². The molecule has 1 atom stereocenters. The van der Waals surface area contributed by atoms with Crippen LogP contribution in [0.4, 0.5) is 0 Å². The van der Waals surface area contributed by atoms with E-state index in [0.29, 0.717) is 18.6 Å². The van der Waals surface area contributed by atoms with E-state index >= 15 is 0 Å². The summed E-state index contributed by atoms with van der Waals surface area (Å²) >= 11 is 0. The number of rotatable bonds is 4. The highest BCUT2D eigenvalue weighted by Crippen LogP contribution is 2.24. The smallest absolute Gasteiger partial charge is 0.233 e. The summed E-state index contributed by atoms with van der Waals surface area (Å²) in [5.74, 6) is 1.70. The van der Waals surface area contributed by atoms with Gasteiger partial charge in [0.05, 0.1) is 0 Å². The van der Waals surface area contributed by atoms with Gasteiger partial charge in [-0.05, 0) is 36.2 Å². The Morgan fingerprint density at radius 1 is 1.09 bits per heavy atom. The van der Waals surface area contributed by atoms with E-state index in [1.165, 1.54) is 5.56 Å². The van der Waals surface area contributed by atoms with Gasteiger partial charge in [-0.2, -0.15) is 0 Å². The molecular formula is C18H18N4O. The van der Waals surface area contributed by atoms with Gasteiger partial charge in [-0.15, -0.1) is 0 Å². The average Bonchev–Trinajstić information content (AvgIpc) is 3.09. The number of ether oxygens (including phenoxy) is 1. The zero-order chi connectivity index (χ0) is 15.5. The number of hydrogen-bond donors (Lipinski definition) is 1. The van der Waals surface area contributed by atoms with Crippen LogP contribution in [0.3, 0.4) is 0 Å². The van der Waals surface area contributed by atoms with Crippen molar-refractivity contribution in [2.75, 3.05) is 6.61 Å². The van der Waals surface area contributed by atoms with Crippen LogP contribution in [-0.4, -0.2) is 27.2 Å². The summed E-state index contributed by atoms with van der Waals surface area (Å²) < 4.78 is 7.83. The van der Waals surface area contributed by atoms with Crippen LogP contribution in [0.1, 0.15) is 11.3 Å². The van der Waals surface area contributed by atoms with Gasteiger partial charge in [0, 0.05) is 36.9 Å². The van der Waals surface area contributed by atoms with E-state index in [2.05, 4.69) is 33.5 Å². The van der Waals surface area contributed by atoms with Crippen molar-refractivity contribution in [1.29, 1.82) is 0 Å². The molecule has 1 aromatic carbocycles. The molecule has 1 aliphatic rings. The molecule has 0 radical (unpaired) electrons. The largest absolute Gasteiger partial charge is 0.492 e. The summed E-state index contributed by atoms with van der Waals surface area (Å²) in [6.45, 7) is 1.45. The van der Waals surface area contributed by atoms with Crippen LogP contribution in [-0.2, 0) is 13.0 Å². The fourth-order valence-corrected chi connectivity index (χ4v) is 2.88. The highest BCUT2D eigenvalue weighted by atomic mass is 16.5. The predicted octanol–water partition coefficient (Wildman–Crippen LogP) is 2.36. The van der Waals surface area contributed by atoms with Gasteiger partial charge in [0.15, 0.2) is 0 Å². The molecule has 0 saturated heterocycles. The Balaban J connectivity index is 1.44. The molecule has 0 bridgehead atoms.